The molecule has 0 saturated heterocycles. The number of unbranched alkanes of at least 4 members (excludes halogenated alkanes) is 12. The normalized spacial score (nSPS) is 13.0. The Morgan fingerprint density at radius 3 is 0.967 bits per heavy atom. The molecule has 0 amide bonds. The van der Waals surface area contributed by atoms with Crippen molar-refractivity contribution in [2.24, 2.45) is 0 Å². The fourth-order valence-electron chi connectivity index (χ4n) is 3.59. The smallest absolute Gasteiger partial charge is 0.0540 e. The Morgan fingerprint density at radius 1 is 0.400 bits per heavy atom. The van der Waals surface area contributed by atoms with E-state index in [4.69, 9.17) is 10.2 Å². The van der Waals surface area contributed by atoms with Crippen molar-refractivity contribution in [1.29, 1.82) is 0 Å². The largest absolute Gasteiger partial charge is 0.396 e. The highest BCUT2D eigenvalue weighted by Gasteiger charge is 2.03. The molecule has 4 nitrogen and oxygen atoms in total. The summed E-state index contributed by atoms with van der Waals surface area (Å²) in [5, 5.41) is 36.4. The fourth-order valence-corrected chi connectivity index (χ4v) is 3.59. The maximum atomic E-state index is 9.60. The van der Waals surface area contributed by atoms with Gasteiger partial charge < -0.3 is 20.4 Å². The Kier molecular flexibility index (Phi) is 30.8. The third-order valence-electron chi connectivity index (χ3n) is 5.67. The molecule has 4 heteroatoms. The summed E-state index contributed by atoms with van der Waals surface area (Å²) in [6, 6.07) is 0. The molecule has 0 aromatic rings. The number of aliphatic hydroxyl groups excluding tert-OH is 4. The SMILES string of the molecule is CCCCCCCCC(O)CCCCO.CCCCCCCCC(O)CCCCO. The first kappa shape index (κ1) is 32.0. The van der Waals surface area contributed by atoms with Crippen molar-refractivity contribution in [3.63, 3.8) is 0 Å². The van der Waals surface area contributed by atoms with Gasteiger partial charge in [0.1, 0.15) is 0 Å². The summed E-state index contributed by atoms with van der Waals surface area (Å²) < 4.78 is 0. The minimum Gasteiger partial charge on any atom is -0.396 e. The third-order valence-corrected chi connectivity index (χ3v) is 5.67. The van der Waals surface area contributed by atoms with Crippen molar-refractivity contribution >= 4 is 0 Å². The van der Waals surface area contributed by atoms with Gasteiger partial charge in [-0.25, -0.2) is 0 Å². The van der Waals surface area contributed by atoms with Crippen molar-refractivity contribution in [1.82, 2.24) is 0 Å². The van der Waals surface area contributed by atoms with E-state index in [9.17, 15) is 10.2 Å². The molecule has 0 bridgehead atoms. The minimum atomic E-state index is -0.136. The molecule has 0 heterocycles. The Balaban J connectivity index is 0. The van der Waals surface area contributed by atoms with E-state index in [-0.39, 0.29) is 25.4 Å². The van der Waals surface area contributed by atoms with Gasteiger partial charge in [-0.3, -0.25) is 0 Å². The molecule has 0 aliphatic rings. The fraction of sp³-hybridized carbons (Fsp3) is 1.00. The van der Waals surface area contributed by atoms with Crippen LogP contribution < -0.4 is 0 Å². The molecule has 0 aromatic heterocycles. The zero-order valence-corrected chi connectivity index (χ0v) is 20.5. The highest BCUT2D eigenvalue weighted by Crippen LogP contribution is 2.12. The second-order valence-electron chi connectivity index (χ2n) is 8.86. The Labute approximate surface area is 188 Å². The van der Waals surface area contributed by atoms with E-state index in [1.807, 2.05) is 0 Å². The van der Waals surface area contributed by atoms with Gasteiger partial charge in [0.2, 0.25) is 0 Å². The van der Waals surface area contributed by atoms with E-state index >= 15 is 0 Å². The standard InChI is InChI=1S/2C13H28O2/c2*1-2-3-4-5-6-7-10-13(15)11-8-9-12-14/h2*13-15H,2-12H2,1H3. The van der Waals surface area contributed by atoms with Crippen molar-refractivity contribution in [2.75, 3.05) is 13.2 Å². The summed E-state index contributed by atoms with van der Waals surface area (Å²) in [5.41, 5.74) is 0. The highest BCUT2D eigenvalue weighted by atomic mass is 16.3. The maximum Gasteiger partial charge on any atom is 0.0540 e. The number of hydrogen-bond acceptors (Lipinski definition) is 4. The summed E-state index contributed by atoms with van der Waals surface area (Å²) in [5.74, 6) is 0. The summed E-state index contributed by atoms with van der Waals surface area (Å²) in [6.07, 6.45) is 22.3. The lowest BCUT2D eigenvalue weighted by molar-refractivity contribution is 0.143. The molecular weight excluding hydrogens is 376 g/mol. The van der Waals surface area contributed by atoms with Gasteiger partial charge in [-0.15, -0.1) is 0 Å². The molecule has 184 valence electrons. The molecule has 0 spiro atoms. The van der Waals surface area contributed by atoms with Gasteiger partial charge in [0.25, 0.3) is 0 Å². The molecule has 0 rings (SSSR count). The Bertz CT molecular complexity index is 258. The monoisotopic (exact) mass is 432 g/mol. The minimum absolute atomic E-state index is 0.136. The maximum absolute atomic E-state index is 9.60. The zero-order chi connectivity index (χ0) is 22.7. The molecule has 0 aliphatic heterocycles. The Hall–Kier alpha value is -0.160. The molecule has 0 aliphatic carbocycles. The van der Waals surface area contributed by atoms with Crippen LogP contribution in [0.5, 0.6) is 0 Å². The first-order chi connectivity index (χ1) is 14.6. The quantitative estimate of drug-likeness (QED) is 0.147. The van der Waals surface area contributed by atoms with Crippen LogP contribution in [0.15, 0.2) is 0 Å². The van der Waals surface area contributed by atoms with E-state index in [2.05, 4.69) is 13.8 Å². The number of aliphatic hydroxyl groups is 4. The van der Waals surface area contributed by atoms with Gasteiger partial charge in [0.05, 0.1) is 12.2 Å². The second-order valence-corrected chi connectivity index (χ2v) is 8.86. The number of rotatable bonds is 22. The lowest BCUT2D eigenvalue weighted by Gasteiger charge is -2.09. The number of hydrogen-bond donors (Lipinski definition) is 4. The van der Waals surface area contributed by atoms with Gasteiger partial charge in [0, 0.05) is 13.2 Å². The van der Waals surface area contributed by atoms with Crippen molar-refractivity contribution in [3.8, 4) is 0 Å². The van der Waals surface area contributed by atoms with E-state index in [0.717, 1.165) is 64.2 Å². The van der Waals surface area contributed by atoms with Crippen LogP contribution in [-0.4, -0.2) is 45.8 Å². The summed E-state index contributed by atoms with van der Waals surface area (Å²) in [6.45, 7) is 4.96. The van der Waals surface area contributed by atoms with Crippen LogP contribution in [0.4, 0.5) is 0 Å². The lowest BCUT2D eigenvalue weighted by Crippen LogP contribution is -2.06. The molecule has 30 heavy (non-hydrogen) atoms. The first-order valence-corrected chi connectivity index (χ1v) is 13.2. The zero-order valence-electron chi connectivity index (χ0n) is 20.5. The van der Waals surface area contributed by atoms with Crippen LogP contribution in [0.25, 0.3) is 0 Å². The van der Waals surface area contributed by atoms with E-state index in [1.54, 1.807) is 0 Å². The average molecular weight is 433 g/mol. The molecule has 0 radical (unpaired) electrons. The van der Waals surface area contributed by atoms with Crippen molar-refractivity contribution in [2.45, 2.75) is 154 Å². The van der Waals surface area contributed by atoms with Gasteiger partial charge in [-0.1, -0.05) is 90.9 Å². The Morgan fingerprint density at radius 2 is 0.667 bits per heavy atom. The molecular formula is C26H56O4. The van der Waals surface area contributed by atoms with Gasteiger partial charge in [-0.05, 0) is 51.4 Å². The molecule has 0 aromatic carbocycles. The summed E-state index contributed by atoms with van der Waals surface area (Å²) in [4.78, 5) is 0. The lowest BCUT2D eigenvalue weighted by atomic mass is 10.0. The first-order valence-electron chi connectivity index (χ1n) is 13.2. The second kappa shape index (κ2) is 28.8. The molecule has 0 fully saturated rings. The van der Waals surface area contributed by atoms with Gasteiger partial charge >= 0.3 is 0 Å². The molecule has 2 unspecified atom stereocenters. The molecule has 0 saturated carbocycles. The van der Waals surface area contributed by atoms with Crippen molar-refractivity contribution in [3.05, 3.63) is 0 Å². The van der Waals surface area contributed by atoms with E-state index < -0.39 is 0 Å². The topological polar surface area (TPSA) is 80.9 Å². The van der Waals surface area contributed by atoms with Crippen LogP contribution in [0.2, 0.25) is 0 Å². The van der Waals surface area contributed by atoms with E-state index in [1.165, 1.54) is 64.2 Å². The predicted molar refractivity (Wildman–Crippen MR) is 130 cm³/mol. The summed E-state index contributed by atoms with van der Waals surface area (Å²) in [7, 11) is 0. The van der Waals surface area contributed by atoms with Crippen LogP contribution in [0.3, 0.4) is 0 Å². The average Bonchev–Trinajstić information content (AvgIpc) is 2.74. The third kappa shape index (κ3) is 30.0. The molecule has 2 atom stereocenters. The van der Waals surface area contributed by atoms with Crippen molar-refractivity contribution < 1.29 is 20.4 Å². The van der Waals surface area contributed by atoms with Crippen LogP contribution in [0.1, 0.15) is 142 Å². The van der Waals surface area contributed by atoms with E-state index in [0.29, 0.717) is 0 Å². The van der Waals surface area contributed by atoms with Gasteiger partial charge in [-0.2, -0.15) is 0 Å². The van der Waals surface area contributed by atoms with Crippen LogP contribution in [0, 0.1) is 0 Å². The predicted octanol–water partition coefficient (Wildman–Crippen LogP) is 6.52. The van der Waals surface area contributed by atoms with Gasteiger partial charge in [0.15, 0.2) is 0 Å². The summed E-state index contributed by atoms with van der Waals surface area (Å²) >= 11 is 0. The van der Waals surface area contributed by atoms with Crippen LogP contribution in [-0.2, 0) is 0 Å². The molecule has 4 N–H and O–H groups in total. The van der Waals surface area contributed by atoms with Crippen LogP contribution >= 0.6 is 0 Å². The highest BCUT2D eigenvalue weighted by molar-refractivity contribution is 4.57.